The number of rotatable bonds is 7. The van der Waals surface area contributed by atoms with Crippen LogP contribution in [0.1, 0.15) is 105 Å². The van der Waals surface area contributed by atoms with Crippen LogP contribution in [0.2, 0.25) is 0 Å². The lowest BCUT2D eigenvalue weighted by molar-refractivity contribution is 0.590. The van der Waals surface area contributed by atoms with Crippen molar-refractivity contribution in [1.29, 1.82) is 0 Å². The van der Waals surface area contributed by atoms with Gasteiger partial charge in [0, 0.05) is 93.6 Å². The van der Waals surface area contributed by atoms with E-state index in [-0.39, 0.29) is 35.1 Å². The quantitative estimate of drug-likeness (QED) is 0.148. The van der Waals surface area contributed by atoms with E-state index in [0.717, 1.165) is 73.4 Å². The maximum absolute atomic E-state index is 2.74. The van der Waals surface area contributed by atoms with E-state index in [4.69, 9.17) is 0 Å². The van der Waals surface area contributed by atoms with Crippen LogP contribution >= 0.6 is 11.8 Å². The van der Waals surface area contributed by atoms with Crippen LogP contribution in [-0.4, -0.2) is 22.6 Å². The minimum Gasteiger partial charge on any atom is -0.311 e. The van der Waals surface area contributed by atoms with Crippen molar-refractivity contribution < 1.29 is 0 Å². The molecule has 0 bridgehead atoms. The topological polar surface area (TPSA) is 19.6 Å². The Morgan fingerprint density at radius 2 is 0.620 bits per heavy atom. The molecule has 522 valence electrons. The molecule has 108 heavy (non-hydrogen) atoms. The lowest BCUT2D eigenvalue weighted by Crippen LogP contribution is -2.64. The molecule has 0 saturated heterocycles. The molecular weight excluding hydrogens is 1320 g/mol. The zero-order valence-corrected chi connectivity index (χ0v) is 64.4. The molecule has 14 aromatic carbocycles. The number of para-hydroxylation sites is 4. The van der Waals surface area contributed by atoms with E-state index in [0.29, 0.717) is 0 Å². The summed E-state index contributed by atoms with van der Waals surface area (Å²) in [5.74, 6) is 0. The van der Waals surface area contributed by atoms with E-state index in [2.05, 4.69) is 404 Å². The summed E-state index contributed by atoms with van der Waals surface area (Å²) in [5.41, 5.74) is 34.6. The third-order valence-electron chi connectivity index (χ3n) is 23.7. The molecule has 16 aromatic rings. The van der Waals surface area contributed by atoms with E-state index >= 15 is 0 Å². The van der Waals surface area contributed by atoms with E-state index in [1.807, 2.05) is 11.8 Å². The molecule has 0 amide bonds. The molecule has 0 fully saturated rings. The van der Waals surface area contributed by atoms with Gasteiger partial charge in [-0.3, -0.25) is 0 Å². The number of fused-ring (bicyclic) bond motifs is 14. The minimum absolute atomic E-state index is 0.0419. The molecule has 0 radical (unpaired) electrons. The summed E-state index contributed by atoms with van der Waals surface area (Å²) in [6.07, 6.45) is 0. The summed E-state index contributed by atoms with van der Waals surface area (Å²) in [6, 6.07) is 115. The fourth-order valence-corrected chi connectivity index (χ4v) is 19.5. The van der Waals surface area contributed by atoms with Gasteiger partial charge in [0.1, 0.15) is 0 Å². The Hall–Kier alpha value is -11.4. The minimum atomic E-state index is -0.211. The van der Waals surface area contributed by atoms with Gasteiger partial charge in [0.2, 0.25) is 6.71 Å². The molecule has 8 heteroatoms. The lowest BCUT2D eigenvalue weighted by atomic mass is 9.30. The standard InChI is InChI=1S/C100H85B2N5S/c1-97(2,3)64-44-48-82-74(52-64)75-53-65(98(4,5)6)45-49-83(75)105(82)70-56-89-94-90(57-70)107(96-72(62-30-17-13-18-31-62)38-29-39-73(96)63-32-19-14-20-33-63)88-61-87-80(60-81(88)101(94)78-40-25-27-42-86(78)103(89)68-34-21-15-22-35-68)102-79-41-26-28-43-92(79)108-93-59-71(58-91(95(93)102)104(87)69-36-23-16-24-37-69)106-84-50-46-66(99(7,8)9)54-76(84)77-55-67(100(10,11)12)47-51-85(77)106/h13-61H,1-12H3. The highest BCUT2D eigenvalue weighted by Gasteiger charge is 2.49. The van der Waals surface area contributed by atoms with Crippen LogP contribution in [0.3, 0.4) is 0 Å². The Morgan fingerprint density at radius 1 is 0.250 bits per heavy atom. The molecule has 4 aliphatic heterocycles. The summed E-state index contributed by atoms with van der Waals surface area (Å²) in [5, 5.41) is 5.06. The van der Waals surface area contributed by atoms with Gasteiger partial charge in [-0.25, -0.2) is 0 Å². The second kappa shape index (κ2) is 24.0. The van der Waals surface area contributed by atoms with E-state index in [1.54, 1.807) is 0 Å². The first-order chi connectivity index (χ1) is 52.1. The fraction of sp³-hybridized carbons (Fsp3) is 0.160. The van der Waals surface area contributed by atoms with Gasteiger partial charge >= 0.3 is 0 Å². The van der Waals surface area contributed by atoms with Crippen LogP contribution in [0.15, 0.2) is 307 Å². The molecular formula is C100H85B2N5S. The predicted molar refractivity (Wildman–Crippen MR) is 465 cm³/mol. The Bertz CT molecular complexity index is 6200. The third kappa shape index (κ3) is 10.2. The number of hydrogen-bond acceptors (Lipinski definition) is 4. The Kier molecular flexibility index (Phi) is 14.7. The highest BCUT2D eigenvalue weighted by atomic mass is 32.2. The first-order valence-corrected chi connectivity index (χ1v) is 39.3. The molecule has 0 spiro atoms. The summed E-state index contributed by atoms with van der Waals surface area (Å²) >= 11 is 1.93. The van der Waals surface area contributed by atoms with Crippen LogP contribution in [0.5, 0.6) is 0 Å². The maximum Gasteiger partial charge on any atom is 0.252 e. The van der Waals surface area contributed by atoms with Crippen molar-refractivity contribution in [2.45, 2.75) is 115 Å². The first-order valence-electron chi connectivity index (χ1n) is 38.5. The molecule has 0 saturated carbocycles. The number of hydrogen-bond donors (Lipinski definition) is 0. The van der Waals surface area contributed by atoms with Gasteiger partial charge in [-0.2, -0.15) is 0 Å². The monoisotopic (exact) mass is 1410 g/mol. The van der Waals surface area contributed by atoms with Crippen LogP contribution < -0.4 is 47.5 Å². The van der Waals surface area contributed by atoms with Crippen LogP contribution in [0.25, 0.3) is 77.2 Å². The van der Waals surface area contributed by atoms with Crippen molar-refractivity contribution in [3.63, 3.8) is 0 Å². The fourth-order valence-electron chi connectivity index (χ4n) is 18.3. The van der Waals surface area contributed by atoms with Gasteiger partial charge in [-0.1, -0.05) is 282 Å². The Balaban J connectivity index is 0.937. The zero-order chi connectivity index (χ0) is 73.6. The largest absolute Gasteiger partial charge is 0.311 e. The van der Waals surface area contributed by atoms with Crippen molar-refractivity contribution in [2.24, 2.45) is 0 Å². The van der Waals surface area contributed by atoms with Gasteiger partial charge in [-0.15, -0.1) is 0 Å². The zero-order valence-electron chi connectivity index (χ0n) is 63.6. The number of benzene rings is 14. The molecule has 5 nitrogen and oxygen atoms in total. The molecule has 6 heterocycles. The summed E-state index contributed by atoms with van der Waals surface area (Å²) in [6.45, 7) is 27.7. The maximum atomic E-state index is 2.74. The van der Waals surface area contributed by atoms with E-state index in [9.17, 15) is 0 Å². The van der Waals surface area contributed by atoms with E-state index < -0.39 is 0 Å². The van der Waals surface area contributed by atoms with Crippen molar-refractivity contribution in [2.75, 3.05) is 14.7 Å². The van der Waals surface area contributed by atoms with E-state index in [1.165, 1.54) is 120 Å². The van der Waals surface area contributed by atoms with Crippen molar-refractivity contribution in [1.82, 2.24) is 9.13 Å². The number of aromatic nitrogens is 2. The molecule has 2 aromatic heterocycles. The number of anilines is 9. The third-order valence-corrected chi connectivity index (χ3v) is 24.9. The first kappa shape index (κ1) is 66.0. The SMILES string of the molecule is CC(C)(C)c1ccc2c(c1)c1cc(C(C)(C)C)ccc1n2-c1cc2c3c(c1)N(c1ccccc1)c1cc4c(cc1B3c1ccccc1S2)B1c2ccccc2N(c2ccccc2)c2cc(-n3c5ccc(C(C)(C)C)cc5c5cc(C(C)(C)C)ccc53)cc(c21)N4c1c(-c2ccccc2)cccc1-c1ccccc1. The average molecular weight is 1410 g/mol. The van der Waals surface area contributed by atoms with Crippen molar-refractivity contribution >= 4 is 153 Å². The summed E-state index contributed by atoms with van der Waals surface area (Å²) in [7, 11) is 0. The normalized spacial score (nSPS) is 13.8. The van der Waals surface area contributed by atoms with Crippen LogP contribution in [0.4, 0.5) is 51.2 Å². The molecule has 0 atom stereocenters. The second-order valence-electron chi connectivity index (χ2n) is 34.5. The summed E-state index contributed by atoms with van der Waals surface area (Å²) in [4.78, 5) is 10.5. The average Bonchev–Trinajstić information content (AvgIpc) is 0.703. The van der Waals surface area contributed by atoms with Crippen molar-refractivity contribution in [3.8, 4) is 33.6 Å². The summed E-state index contributed by atoms with van der Waals surface area (Å²) < 4.78 is 5.16. The van der Waals surface area contributed by atoms with Gasteiger partial charge in [0.25, 0.3) is 6.71 Å². The molecule has 0 aliphatic carbocycles. The highest BCUT2D eigenvalue weighted by molar-refractivity contribution is 8.00. The van der Waals surface area contributed by atoms with Crippen LogP contribution in [0, 0.1) is 0 Å². The Labute approximate surface area is 639 Å². The van der Waals surface area contributed by atoms with Gasteiger partial charge < -0.3 is 23.8 Å². The predicted octanol–water partition coefficient (Wildman–Crippen LogP) is 23.3. The molecule has 0 N–H and O–H groups in total. The van der Waals surface area contributed by atoms with Gasteiger partial charge in [-0.05, 0) is 198 Å². The van der Waals surface area contributed by atoms with Gasteiger partial charge in [0.15, 0.2) is 0 Å². The van der Waals surface area contributed by atoms with Gasteiger partial charge in [0.05, 0.1) is 33.4 Å². The lowest BCUT2D eigenvalue weighted by Gasteiger charge is -2.47. The van der Waals surface area contributed by atoms with Crippen molar-refractivity contribution in [3.05, 3.63) is 320 Å². The second-order valence-corrected chi connectivity index (χ2v) is 35.6. The molecule has 4 aliphatic rings. The van der Waals surface area contributed by atoms with Crippen LogP contribution in [-0.2, 0) is 21.7 Å². The highest BCUT2D eigenvalue weighted by Crippen LogP contribution is 2.54. The molecule has 0 unspecified atom stereocenters. The molecule has 20 rings (SSSR count). The smallest absolute Gasteiger partial charge is 0.252 e. The Morgan fingerprint density at radius 3 is 1.08 bits per heavy atom. The number of nitrogens with zero attached hydrogens (tertiary/aromatic N) is 5.